The van der Waals surface area contributed by atoms with Gasteiger partial charge in [-0.25, -0.2) is 4.39 Å². The van der Waals surface area contributed by atoms with Crippen molar-refractivity contribution in [1.29, 1.82) is 0 Å². The maximum Gasteiger partial charge on any atom is 0.416 e. The van der Waals surface area contributed by atoms with Crippen molar-refractivity contribution in [3.8, 4) is 0 Å². The minimum Gasteiger partial charge on any atom is -0.469 e. The molecule has 1 heterocycles. The van der Waals surface area contributed by atoms with E-state index in [-0.39, 0.29) is 12.1 Å². The van der Waals surface area contributed by atoms with E-state index in [1.54, 1.807) is 12.1 Å². The van der Waals surface area contributed by atoms with Crippen LogP contribution in [-0.4, -0.2) is 6.54 Å². The molecule has 20 heavy (non-hydrogen) atoms. The third-order valence-electron chi connectivity index (χ3n) is 2.82. The molecule has 6 heteroatoms. The summed E-state index contributed by atoms with van der Waals surface area (Å²) >= 11 is 0. The zero-order valence-electron chi connectivity index (χ0n) is 10.5. The number of halogens is 4. The quantitative estimate of drug-likeness (QED) is 0.669. The van der Waals surface area contributed by atoms with Crippen LogP contribution >= 0.6 is 0 Å². The molecule has 0 spiro atoms. The van der Waals surface area contributed by atoms with Crippen LogP contribution in [0.15, 0.2) is 41.0 Å². The highest BCUT2D eigenvalue weighted by Gasteiger charge is 2.33. The van der Waals surface area contributed by atoms with E-state index in [0.29, 0.717) is 19.0 Å². The number of hydrogen-bond acceptors (Lipinski definition) is 2. The van der Waals surface area contributed by atoms with Gasteiger partial charge in [0.25, 0.3) is 0 Å². The Labute approximate surface area is 113 Å². The number of alkyl halides is 3. The van der Waals surface area contributed by atoms with Gasteiger partial charge in [-0.15, -0.1) is 0 Å². The SMILES string of the molecule is Fc1ccc(CNCCc2ccco2)c(C(F)(F)F)c1. The van der Waals surface area contributed by atoms with Gasteiger partial charge in [0, 0.05) is 19.5 Å². The van der Waals surface area contributed by atoms with Crippen LogP contribution in [-0.2, 0) is 19.1 Å². The molecule has 1 N–H and O–H groups in total. The lowest BCUT2D eigenvalue weighted by atomic mass is 10.1. The molecule has 0 radical (unpaired) electrons. The number of hydrogen-bond donors (Lipinski definition) is 1. The molecule has 0 aliphatic rings. The summed E-state index contributed by atoms with van der Waals surface area (Å²) in [5.74, 6) is -0.135. The van der Waals surface area contributed by atoms with Crippen LogP contribution in [0.5, 0.6) is 0 Å². The van der Waals surface area contributed by atoms with Crippen molar-refractivity contribution in [2.24, 2.45) is 0 Å². The van der Waals surface area contributed by atoms with Crippen molar-refractivity contribution in [2.75, 3.05) is 6.54 Å². The fraction of sp³-hybridized carbons (Fsp3) is 0.286. The Balaban J connectivity index is 1.95. The van der Waals surface area contributed by atoms with Crippen molar-refractivity contribution in [1.82, 2.24) is 5.32 Å². The minimum absolute atomic E-state index is 0.0236. The van der Waals surface area contributed by atoms with E-state index in [4.69, 9.17) is 4.42 Å². The fourth-order valence-corrected chi connectivity index (χ4v) is 1.86. The minimum atomic E-state index is -4.56. The smallest absolute Gasteiger partial charge is 0.416 e. The van der Waals surface area contributed by atoms with Crippen molar-refractivity contribution in [3.05, 3.63) is 59.3 Å². The molecule has 0 aliphatic heterocycles. The van der Waals surface area contributed by atoms with E-state index < -0.39 is 17.6 Å². The zero-order valence-corrected chi connectivity index (χ0v) is 10.5. The molecule has 0 aliphatic carbocycles. The summed E-state index contributed by atoms with van der Waals surface area (Å²) in [6.07, 6.45) is -2.44. The second-order valence-electron chi connectivity index (χ2n) is 4.31. The molecule has 0 fully saturated rings. The Hall–Kier alpha value is -1.82. The van der Waals surface area contributed by atoms with Crippen molar-refractivity contribution in [3.63, 3.8) is 0 Å². The molecule has 0 atom stereocenters. The second kappa shape index (κ2) is 6.09. The van der Waals surface area contributed by atoms with Crippen molar-refractivity contribution < 1.29 is 22.0 Å². The van der Waals surface area contributed by atoms with Gasteiger partial charge in [-0.3, -0.25) is 0 Å². The Morgan fingerprint density at radius 2 is 1.95 bits per heavy atom. The first kappa shape index (κ1) is 14.6. The van der Waals surface area contributed by atoms with Crippen LogP contribution in [0, 0.1) is 5.82 Å². The van der Waals surface area contributed by atoms with Crippen LogP contribution in [0.4, 0.5) is 17.6 Å². The first-order valence-electron chi connectivity index (χ1n) is 6.05. The Kier molecular flexibility index (Phi) is 4.44. The van der Waals surface area contributed by atoms with E-state index in [0.717, 1.165) is 17.9 Å². The third-order valence-corrected chi connectivity index (χ3v) is 2.82. The van der Waals surface area contributed by atoms with Gasteiger partial charge < -0.3 is 9.73 Å². The lowest BCUT2D eigenvalue weighted by molar-refractivity contribution is -0.138. The molecule has 2 nitrogen and oxygen atoms in total. The number of rotatable bonds is 5. The van der Waals surface area contributed by atoms with Crippen LogP contribution in [0.2, 0.25) is 0 Å². The summed E-state index contributed by atoms with van der Waals surface area (Å²) in [7, 11) is 0. The topological polar surface area (TPSA) is 25.2 Å². The maximum absolute atomic E-state index is 12.9. The average Bonchev–Trinajstić information content (AvgIpc) is 2.88. The van der Waals surface area contributed by atoms with Gasteiger partial charge in [0.1, 0.15) is 11.6 Å². The van der Waals surface area contributed by atoms with Crippen LogP contribution in [0.25, 0.3) is 0 Å². The summed E-state index contributed by atoms with van der Waals surface area (Å²) in [5, 5.41) is 2.89. The molecular weight excluding hydrogens is 274 g/mol. The van der Waals surface area contributed by atoms with Gasteiger partial charge in [0.05, 0.1) is 11.8 Å². The summed E-state index contributed by atoms with van der Waals surface area (Å²) in [6.45, 7) is 0.498. The third kappa shape index (κ3) is 3.84. The van der Waals surface area contributed by atoms with E-state index in [1.165, 1.54) is 6.26 Å². The van der Waals surface area contributed by atoms with Crippen LogP contribution < -0.4 is 5.32 Å². The van der Waals surface area contributed by atoms with Gasteiger partial charge in [0.2, 0.25) is 0 Å². The molecule has 108 valence electrons. The molecule has 0 saturated heterocycles. The van der Waals surface area contributed by atoms with Gasteiger partial charge in [0.15, 0.2) is 0 Å². The van der Waals surface area contributed by atoms with Gasteiger partial charge in [-0.1, -0.05) is 6.07 Å². The normalized spacial score (nSPS) is 11.8. The molecule has 1 aromatic heterocycles. The van der Waals surface area contributed by atoms with Crippen molar-refractivity contribution >= 4 is 0 Å². The van der Waals surface area contributed by atoms with E-state index in [2.05, 4.69) is 5.32 Å². The maximum atomic E-state index is 12.9. The number of benzene rings is 1. The van der Waals surface area contributed by atoms with Crippen molar-refractivity contribution in [2.45, 2.75) is 19.1 Å². The first-order chi connectivity index (χ1) is 9.47. The highest BCUT2D eigenvalue weighted by Crippen LogP contribution is 2.32. The first-order valence-corrected chi connectivity index (χ1v) is 6.05. The predicted molar refractivity (Wildman–Crippen MR) is 65.5 cm³/mol. The molecule has 0 bridgehead atoms. The second-order valence-corrected chi connectivity index (χ2v) is 4.31. The lowest BCUT2D eigenvalue weighted by Crippen LogP contribution is -2.20. The Bertz CT molecular complexity index is 549. The molecule has 0 amide bonds. The molecule has 0 unspecified atom stereocenters. The van der Waals surface area contributed by atoms with Gasteiger partial charge >= 0.3 is 6.18 Å². The number of nitrogens with one attached hydrogen (secondary N) is 1. The van der Waals surface area contributed by atoms with Crippen LogP contribution in [0.3, 0.4) is 0 Å². The average molecular weight is 287 g/mol. The summed E-state index contributed by atoms with van der Waals surface area (Å²) in [6, 6.07) is 6.23. The Morgan fingerprint density at radius 1 is 1.15 bits per heavy atom. The van der Waals surface area contributed by atoms with E-state index >= 15 is 0 Å². The van der Waals surface area contributed by atoms with E-state index in [1.807, 2.05) is 0 Å². The molecule has 0 saturated carbocycles. The molecular formula is C14H13F4NO. The monoisotopic (exact) mass is 287 g/mol. The number of furan rings is 1. The van der Waals surface area contributed by atoms with Gasteiger partial charge in [-0.2, -0.15) is 13.2 Å². The zero-order chi connectivity index (χ0) is 14.6. The fourth-order valence-electron chi connectivity index (χ4n) is 1.86. The van der Waals surface area contributed by atoms with E-state index in [9.17, 15) is 17.6 Å². The molecule has 2 rings (SSSR count). The van der Waals surface area contributed by atoms with Crippen LogP contribution in [0.1, 0.15) is 16.9 Å². The summed E-state index contributed by atoms with van der Waals surface area (Å²) < 4.78 is 56.3. The predicted octanol–water partition coefficient (Wildman–Crippen LogP) is 3.77. The molecule has 1 aromatic carbocycles. The Morgan fingerprint density at radius 3 is 2.60 bits per heavy atom. The summed E-state index contributed by atoms with van der Waals surface area (Å²) in [4.78, 5) is 0. The summed E-state index contributed by atoms with van der Waals surface area (Å²) in [5.41, 5.74) is -0.915. The van der Waals surface area contributed by atoms with Gasteiger partial charge in [-0.05, 0) is 29.8 Å². The standard InChI is InChI=1S/C14H13F4NO/c15-11-4-3-10(13(8-11)14(16,17)18)9-19-6-5-12-2-1-7-20-12/h1-4,7-8,19H,5-6,9H2. The highest BCUT2D eigenvalue weighted by molar-refractivity contribution is 5.30. The highest BCUT2D eigenvalue weighted by atomic mass is 19.4. The largest absolute Gasteiger partial charge is 0.469 e. The lowest BCUT2D eigenvalue weighted by Gasteiger charge is -2.13. The molecule has 2 aromatic rings.